The fourth-order valence-corrected chi connectivity index (χ4v) is 1.44. The molecule has 0 saturated heterocycles. The number of carbonyl (C=O) groups excluding carboxylic acids is 1. The Morgan fingerprint density at radius 1 is 1.62 bits per heavy atom. The summed E-state index contributed by atoms with van der Waals surface area (Å²) in [7, 11) is 0. The third-order valence-electron chi connectivity index (χ3n) is 1.75. The van der Waals surface area contributed by atoms with Crippen LogP contribution in [0.15, 0.2) is 5.38 Å². The highest BCUT2D eigenvalue weighted by atomic mass is 32.1. The van der Waals surface area contributed by atoms with Crippen LogP contribution in [-0.4, -0.2) is 27.2 Å². The van der Waals surface area contributed by atoms with Crippen molar-refractivity contribution in [1.82, 2.24) is 14.9 Å². The van der Waals surface area contributed by atoms with Gasteiger partial charge in [-0.15, -0.1) is 5.10 Å². The highest BCUT2D eigenvalue weighted by molar-refractivity contribution is 7.03. The van der Waals surface area contributed by atoms with Gasteiger partial charge in [-0.05, 0) is 39.2 Å². The smallest absolute Gasteiger partial charge is 0.323 e. The zero-order chi connectivity index (χ0) is 12.2. The van der Waals surface area contributed by atoms with Crippen molar-refractivity contribution in [3.8, 4) is 0 Å². The molecule has 6 heteroatoms. The van der Waals surface area contributed by atoms with Crippen LogP contribution in [0.3, 0.4) is 0 Å². The number of rotatable bonds is 4. The topological polar surface area (TPSA) is 64.1 Å². The standard InChI is InChI=1S/C10H17N3O2S/c1-7(9(14)15-10(2,3)4)11-5-8-6-16-13-12-8/h6-7,11H,5H2,1-4H3/t7-/m1/s1. The van der Waals surface area contributed by atoms with Gasteiger partial charge in [0.2, 0.25) is 0 Å². The average Bonchev–Trinajstić information content (AvgIpc) is 2.63. The van der Waals surface area contributed by atoms with Gasteiger partial charge in [-0.3, -0.25) is 10.1 Å². The van der Waals surface area contributed by atoms with Crippen molar-refractivity contribution >= 4 is 17.5 Å². The first-order valence-corrected chi connectivity index (χ1v) is 5.94. The molecule has 1 aromatic heterocycles. The molecule has 0 spiro atoms. The monoisotopic (exact) mass is 243 g/mol. The summed E-state index contributed by atoms with van der Waals surface area (Å²) in [4.78, 5) is 11.6. The van der Waals surface area contributed by atoms with Crippen molar-refractivity contribution in [2.75, 3.05) is 0 Å². The summed E-state index contributed by atoms with van der Waals surface area (Å²) in [5.41, 5.74) is 0.385. The lowest BCUT2D eigenvalue weighted by Crippen LogP contribution is -2.38. The molecule has 1 rings (SSSR count). The van der Waals surface area contributed by atoms with E-state index in [1.165, 1.54) is 11.5 Å². The number of aromatic nitrogens is 2. The van der Waals surface area contributed by atoms with E-state index in [0.29, 0.717) is 6.54 Å². The van der Waals surface area contributed by atoms with Gasteiger partial charge >= 0.3 is 5.97 Å². The highest BCUT2D eigenvalue weighted by Crippen LogP contribution is 2.08. The summed E-state index contributed by atoms with van der Waals surface area (Å²) >= 11 is 1.29. The van der Waals surface area contributed by atoms with Gasteiger partial charge < -0.3 is 4.74 Å². The maximum Gasteiger partial charge on any atom is 0.323 e. The molecule has 5 nitrogen and oxygen atoms in total. The lowest BCUT2D eigenvalue weighted by molar-refractivity contribution is -0.157. The molecule has 0 bridgehead atoms. The average molecular weight is 243 g/mol. The van der Waals surface area contributed by atoms with Crippen molar-refractivity contribution in [3.63, 3.8) is 0 Å². The molecule has 0 aliphatic carbocycles. The maximum atomic E-state index is 11.6. The number of hydrogen-bond donors (Lipinski definition) is 1. The van der Waals surface area contributed by atoms with Crippen LogP contribution in [0.25, 0.3) is 0 Å². The minimum Gasteiger partial charge on any atom is -0.459 e. The molecule has 90 valence electrons. The summed E-state index contributed by atoms with van der Waals surface area (Å²) in [6, 6.07) is -0.346. The molecule has 0 amide bonds. The van der Waals surface area contributed by atoms with Crippen LogP contribution in [0.4, 0.5) is 0 Å². The molecule has 1 heterocycles. The van der Waals surface area contributed by atoms with Crippen molar-refractivity contribution < 1.29 is 9.53 Å². The van der Waals surface area contributed by atoms with Crippen LogP contribution in [0, 0.1) is 0 Å². The van der Waals surface area contributed by atoms with Crippen LogP contribution in [-0.2, 0) is 16.1 Å². The summed E-state index contributed by atoms with van der Waals surface area (Å²) in [5, 5.41) is 8.76. The number of esters is 1. The van der Waals surface area contributed by atoms with E-state index in [1.807, 2.05) is 26.2 Å². The molecule has 1 atom stereocenters. The summed E-state index contributed by atoms with van der Waals surface area (Å²) < 4.78 is 8.97. The zero-order valence-corrected chi connectivity index (χ0v) is 10.8. The van der Waals surface area contributed by atoms with E-state index in [0.717, 1.165) is 5.69 Å². The third kappa shape index (κ3) is 4.67. The van der Waals surface area contributed by atoms with Crippen LogP contribution in [0.1, 0.15) is 33.4 Å². The Morgan fingerprint density at radius 2 is 2.31 bits per heavy atom. The first-order chi connectivity index (χ1) is 7.38. The fourth-order valence-electron chi connectivity index (χ4n) is 0.992. The van der Waals surface area contributed by atoms with Crippen LogP contribution in [0.2, 0.25) is 0 Å². The van der Waals surface area contributed by atoms with Crippen molar-refractivity contribution in [1.29, 1.82) is 0 Å². The van der Waals surface area contributed by atoms with Crippen LogP contribution >= 0.6 is 11.5 Å². The molecule has 0 unspecified atom stereocenters. The summed E-state index contributed by atoms with van der Waals surface area (Å²) in [5.74, 6) is -0.254. The van der Waals surface area contributed by atoms with Gasteiger partial charge in [-0.1, -0.05) is 4.49 Å². The SMILES string of the molecule is C[C@@H](NCc1csnn1)C(=O)OC(C)(C)C. The number of nitrogens with zero attached hydrogens (tertiary/aromatic N) is 2. The normalized spacial score (nSPS) is 13.5. The van der Waals surface area contributed by atoms with E-state index in [1.54, 1.807) is 6.92 Å². The third-order valence-corrected chi connectivity index (χ3v) is 2.31. The maximum absolute atomic E-state index is 11.6. The molecule has 0 radical (unpaired) electrons. The van der Waals surface area contributed by atoms with Crippen molar-refractivity contribution in [3.05, 3.63) is 11.1 Å². The lowest BCUT2D eigenvalue weighted by Gasteiger charge is -2.22. The fraction of sp³-hybridized carbons (Fsp3) is 0.700. The van der Waals surface area contributed by atoms with Crippen LogP contribution in [0.5, 0.6) is 0 Å². The minimum absolute atomic E-state index is 0.254. The number of ether oxygens (including phenoxy) is 1. The summed E-state index contributed by atoms with van der Waals surface area (Å²) in [6.45, 7) is 7.84. The Labute approximate surface area is 99.4 Å². The molecular weight excluding hydrogens is 226 g/mol. The van der Waals surface area contributed by atoms with E-state index >= 15 is 0 Å². The highest BCUT2D eigenvalue weighted by Gasteiger charge is 2.21. The number of hydrogen-bond acceptors (Lipinski definition) is 6. The summed E-state index contributed by atoms with van der Waals surface area (Å²) in [6.07, 6.45) is 0. The Bertz CT molecular complexity index is 332. The van der Waals surface area contributed by atoms with E-state index < -0.39 is 5.60 Å². The molecule has 0 aliphatic heterocycles. The van der Waals surface area contributed by atoms with Gasteiger partial charge in [-0.25, -0.2) is 0 Å². The molecule has 16 heavy (non-hydrogen) atoms. The Hall–Kier alpha value is -1.01. The van der Waals surface area contributed by atoms with E-state index in [-0.39, 0.29) is 12.0 Å². The van der Waals surface area contributed by atoms with Gasteiger partial charge in [0.15, 0.2) is 0 Å². The molecular formula is C10H17N3O2S. The Kier molecular flexibility index (Phi) is 4.37. The zero-order valence-electron chi connectivity index (χ0n) is 9.98. The van der Waals surface area contributed by atoms with E-state index in [4.69, 9.17) is 4.74 Å². The van der Waals surface area contributed by atoms with E-state index in [2.05, 4.69) is 14.9 Å². The molecule has 0 saturated carbocycles. The van der Waals surface area contributed by atoms with Crippen molar-refractivity contribution in [2.24, 2.45) is 0 Å². The van der Waals surface area contributed by atoms with Gasteiger partial charge in [-0.2, -0.15) is 0 Å². The second kappa shape index (κ2) is 5.36. The molecule has 1 N–H and O–H groups in total. The molecule has 1 aromatic rings. The van der Waals surface area contributed by atoms with Gasteiger partial charge in [0.25, 0.3) is 0 Å². The second-order valence-corrected chi connectivity index (χ2v) is 5.14. The molecule has 0 aliphatic rings. The van der Waals surface area contributed by atoms with Gasteiger partial charge in [0, 0.05) is 11.9 Å². The predicted octanol–water partition coefficient (Wildman–Crippen LogP) is 1.36. The minimum atomic E-state index is -0.449. The van der Waals surface area contributed by atoms with Crippen LogP contribution < -0.4 is 5.32 Å². The first-order valence-electron chi connectivity index (χ1n) is 5.10. The Morgan fingerprint density at radius 3 is 2.81 bits per heavy atom. The predicted molar refractivity (Wildman–Crippen MR) is 62.1 cm³/mol. The van der Waals surface area contributed by atoms with Gasteiger partial charge in [0.05, 0.1) is 5.69 Å². The lowest BCUT2D eigenvalue weighted by atomic mass is 10.2. The van der Waals surface area contributed by atoms with Gasteiger partial charge in [0.1, 0.15) is 11.6 Å². The molecule has 0 aromatic carbocycles. The largest absolute Gasteiger partial charge is 0.459 e. The van der Waals surface area contributed by atoms with Crippen molar-refractivity contribution in [2.45, 2.75) is 45.9 Å². The quantitative estimate of drug-likeness (QED) is 0.809. The van der Waals surface area contributed by atoms with E-state index in [9.17, 15) is 4.79 Å². The second-order valence-electron chi connectivity index (χ2n) is 4.53. The Balaban J connectivity index is 2.35. The number of nitrogens with one attached hydrogen (secondary N) is 1. The molecule has 0 fully saturated rings. The number of carbonyl (C=O) groups is 1. The first kappa shape index (κ1) is 13.1.